The fourth-order valence-corrected chi connectivity index (χ4v) is 3.72. The van der Waals surface area contributed by atoms with Gasteiger partial charge in [-0.05, 0) is 49.4 Å². The third kappa shape index (κ3) is 4.80. The highest BCUT2D eigenvalue weighted by Crippen LogP contribution is 2.38. The Morgan fingerprint density at radius 2 is 1.33 bits per heavy atom. The SMILES string of the molecule is Cc1ccc(C(O)(c2ccc(C)cc2)C(CC(C)C)N=Cc2ccccc2O)cc1. The number of para-hydroxylation sites is 1. The van der Waals surface area contributed by atoms with Gasteiger partial charge in [0, 0.05) is 11.8 Å². The van der Waals surface area contributed by atoms with E-state index >= 15 is 0 Å². The molecule has 3 heteroatoms. The van der Waals surface area contributed by atoms with Crippen molar-refractivity contribution < 1.29 is 10.2 Å². The molecule has 0 heterocycles. The molecule has 3 nitrogen and oxygen atoms in total. The Bertz CT molecular complexity index is 943. The highest BCUT2D eigenvalue weighted by Gasteiger charge is 2.40. The van der Waals surface area contributed by atoms with E-state index in [4.69, 9.17) is 4.99 Å². The summed E-state index contributed by atoms with van der Waals surface area (Å²) in [6.07, 6.45) is 2.37. The summed E-state index contributed by atoms with van der Waals surface area (Å²) in [5.74, 6) is 0.512. The van der Waals surface area contributed by atoms with Crippen LogP contribution in [0, 0.1) is 19.8 Å². The maximum atomic E-state index is 12.2. The Hall–Kier alpha value is -2.91. The molecule has 3 aromatic rings. The summed E-state index contributed by atoms with van der Waals surface area (Å²) < 4.78 is 0. The summed E-state index contributed by atoms with van der Waals surface area (Å²) in [5.41, 5.74) is 3.27. The van der Waals surface area contributed by atoms with Gasteiger partial charge in [-0.2, -0.15) is 0 Å². The van der Waals surface area contributed by atoms with Gasteiger partial charge >= 0.3 is 0 Å². The number of hydrogen-bond donors (Lipinski definition) is 2. The Morgan fingerprint density at radius 3 is 1.80 bits per heavy atom. The fraction of sp³-hybridized carbons (Fsp3) is 0.296. The van der Waals surface area contributed by atoms with E-state index in [1.165, 1.54) is 0 Å². The summed E-state index contributed by atoms with van der Waals surface area (Å²) in [6, 6.07) is 22.7. The smallest absolute Gasteiger partial charge is 0.137 e. The van der Waals surface area contributed by atoms with E-state index in [9.17, 15) is 10.2 Å². The second-order valence-electron chi connectivity index (χ2n) is 8.48. The van der Waals surface area contributed by atoms with Gasteiger partial charge in [-0.3, -0.25) is 4.99 Å². The average molecular weight is 402 g/mol. The third-order valence-electron chi connectivity index (χ3n) is 5.49. The molecule has 0 radical (unpaired) electrons. The minimum atomic E-state index is -1.29. The average Bonchev–Trinajstić information content (AvgIpc) is 2.72. The second kappa shape index (κ2) is 9.27. The molecule has 0 spiro atoms. The van der Waals surface area contributed by atoms with Gasteiger partial charge in [0.2, 0.25) is 0 Å². The molecule has 1 atom stereocenters. The first-order chi connectivity index (χ1) is 14.3. The largest absolute Gasteiger partial charge is 0.507 e. The third-order valence-corrected chi connectivity index (χ3v) is 5.49. The zero-order chi connectivity index (χ0) is 21.7. The molecule has 0 aliphatic carbocycles. The Kier molecular flexibility index (Phi) is 6.73. The van der Waals surface area contributed by atoms with Gasteiger partial charge in [-0.1, -0.05) is 85.6 Å². The number of aliphatic hydroxyl groups is 1. The molecule has 3 aromatic carbocycles. The summed E-state index contributed by atoms with van der Waals surface area (Å²) in [5, 5.41) is 22.4. The monoisotopic (exact) mass is 401 g/mol. The number of aromatic hydroxyl groups is 1. The van der Waals surface area contributed by atoms with E-state index < -0.39 is 11.6 Å². The van der Waals surface area contributed by atoms with Crippen molar-refractivity contribution in [3.8, 4) is 5.75 Å². The summed E-state index contributed by atoms with van der Waals surface area (Å²) in [6.45, 7) is 8.34. The van der Waals surface area contributed by atoms with Gasteiger partial charge in [0.15, 0.2) is 0 Å². The van der Waals surface area contributed by atoms with Gasteiger partial charge in [0.25, 0.3) is 0 Å². The van der Waals surface area contributed by atoms with E-state index in [1.54, 1.807) is 18.3 Å². The maximum Gasteiger partial charge on any atom is 0.137 e. The van der Waals surface area contributed by atoms with Crippen molar-refractivity contribution in [3.05, 3.63) is 101 Å². The number of hydrogen-bond acceptors (Lipinski definition) is 3. The van der Waals surface area contributed by atoms with Crippen LogP contribution in [-0.2, 0) is 5.60 Å². The first-order valence-electron chi connectivity index (χ1n) is 10.5. The predicted octanol–water partition coefficient (Wildman–Crippen LogP) is 5.78. The first kappa shape index (κ1) is 21.8. The van der Waals surface area contributed by atoms with Crippen molar-refractivity contribution in [2.45, 2.75) is 45.8 Å². The molecule has 156 valence electrons. The second-order valence-corrected chi connectivity index (χ2v) is 8.48. The molecule has 0 aliphatic rings. The minimum Gasteiger partial charge on any atom is -0.507 e. The van der Waals surface area contributed by atoms with Crippen LogP contribution >= 0.6 is 0 Å². The molecule has 0 saturated heterocycles. The molecule has 0 aliphatic heterocycles. The number of rotatable bonds is 7. The molecule has 3 rings (SSSR count). The standard InChI is InChI=1S/C27H31NO2/c1-19(2)17-26(28-18-22-7-5-6-8-25(22)29)27(30,23-13-9-20(3)10-14-23)24-15-11-21(4)12-16-24/h5-16,18-19,26,29-30H,17H2,1-4H3. The van der Waals surface area contributed by atoms with Crippen molar-refractivity contribution >= 4 is 6.21 Å². The molecule has 0 aromatic heterocycles. The van der Waals surface area contributed by atoms with Gasteiger partial charge in [-0.15, -0.1) is 0 Å². The predicted molar refractivity (Wildman–Crippen MR) is 124 cm³/mol. The van der Waals surface area contributed by atoms with Gasteiger partial charge in [0.05, 0.1) is 6.04 Å². The van der Waals surface area contributed by atoms with E-state index in [2.05, 4.69) is 13.8 Å². The van der Waals surface area contributed by atoms with E-state index in [1.807, 2.05) is 74.5 Å². The highest BCUT2D eigenvalue weighted by atomic mass is 16.3. The van der Waals surface area contributed by atoms with Gasteiger partial charge < -0.3 is 10.2 Å². The molecule has 0 saturated carbocycles. The normalized spacial score (nSPS) is 13.1. The molecule has 0 amide bonds. The van der Waals surface area contributed by atoms with Crippen molar-refractivity contribution in [3.63, 3.8) is 0 Å². The number of aryl methyl sites for hydroxylation is 2. The lowest BCUT2D eigenvalue weighted by Gasteiger charge is -2.36. The maximum absolute atomic E-state index is 12.2. The van der Waals surface area contributed by atoms with Crippen LogP contribution in [0.2, 0.25) is 0 Å². The number of phenols is 1. The van der Waals surface area contributed by atoms with Crippen LogP contribution < -0.4 is 0 Å². The molecule has 0 fully saturated rings. The lowest BCUT2D eigenvalue weighted by Crippen LogP contribution is -2.40. The number of nitrogens with zero attached hydrogens (tertiary/aromatic N) is 1. The Balaban J connectivity index is 2.14. The van der Waals surface area contributed by atoms with Gasteiger partial charge in [-0.25, -0.2) is 0 Å². The van der Waals surface area contributed by atoms with Crippen LogP contribution in [0.15, 0.2) is 77.8 Å². The van der Waals surface area contributed by atoms with E-state index in [-0.39, 0.29) is 5.75 Å². The summed E-state index contributed by atoms with van der Waals surface area (Å²) >= 11 is 0. The van der Waals surface area contributed by atoms with Crippen LogP contribution in [0.3, 0.4) is 0 Å². The highest BCUT2D eigenvalue weighted by molar-refractivity contribution is 5.83. The zero-order valence-corrected chi connectivity index (χ0v) is 18.2. The zero-order valence-electron chi connectivity index (χ0n) is 18.2. The molecule has 0 bridgehead atoms. The van der Waals surface area contributed by atoms with Crippen LogP contribution in [0.4, 0.5) is 0 Å². The van der Waals surface area contributed by atoms with Crippen molar-refractivity contribution in [2.75, 3.05) is 0 Å². The quantitative estimate of drug-likeness (QED) is 0.493. The fourth-order valence-electron chi connectivity index (χ4n) is 3.72. The van der Waals surface area contributed by atoms with Gasteiger partial charge in [0.1, 0.15) is 11.4 Å². The van der Waals surface area contributed by atoms with E-state index in [0.717, 1.165) is 22.3 Å². The number of phenolic OH excluding ortho intramolecular Hbond substituents is 1. The Morgan fingerprint density at radius 1 is 0.833 bits per heavy atom. The number of aliphatic imine (C=N–C) groups is 1. The first-order valence-corrected chi connectivity index (χ1v) is 10.5. The lowest BCUT2D eigenvalue weighted by molar-refractivity contribution is 0.0454. The van der Waals surface area contributed by atoms with Crippen molar-refractivity contribution in [2.24, 2.45) is 10.9 Å². The van der Waals surface area contributed by atoms with Crippen molar-refractivity contribution in [1.82, 2.24) is 0 Å². The van der Waals surface area contributed by atoms with Crippen LogP contribution in [0.25, 0.3) is 0 Å². The van der Waals surface area contributed by atoms with Crippen LogP contribution in [0.5, 0.6) is 5.75 Å². The van der Waals surface area contributed by atoms with Crippen LogP contribution in [0.1, 0.15) is 48.1 Å². The summed E-state index contributed by atoms with van der Waals surface area (Å²) in [4.78, 5) is 4.83. The molecule has 2 N–H and O–H groups in total. The minimum absolute atomic E-state index is 0.179. The Labute approximate surface area is 179 Å². The van der Waals surface area contributed by atoms with Crippen LogP contribution in [-0.4, -0.2) is 22.5 Å². The lowest BCUT2D eigenvalue weighted by atomic mass is 9.77. The topological polar surface area (TPSA) is 52.8 Å². The molecule has 1 unspecified atom stereocenters. The molecule has 30 heavy (non-hydrogen) atoms. The van der Waals surface area contributed by atoms with Crippen molar-refractivity contribution in [1.29, 1.82) is 0 Å². The summed E-state index contributed by atoms with van der Waals surface area (Å²) in [7, 11) is 0. The number of benzene rings is 3. The molecular formula is C27H31NO2. The molecular weight excluding hydrogens is 370 g/mol. The van der Waals surface area contributed by atoms with E-state index in [0.29, 0.717) is 17.9 Å².